The molecule has 1 aromatic carbocycles. The third-order valence-corrected chi connectivity index (χ3v) is 6.05. The summed E-state index contributed by atoms with van der Waals surface area (Å²) in [4.78, 5) is 6.87. The minimum absolute atomic E-state index is 0.220. The third kappa shape index (κ3) is 3.01. The van der Waals surface area contributed by atoms with E-state index in [0.29, 0.717) is 5.88 Å². The van der Waals surface area contributed by atoms with Gasteiger partial charge in [0.1, 0.15) is 17.4 Å². The Labute approximate surface area is 174 Å². The Hall–Kier alpha value is -3.06. The van der Waals surface area contributed by atoms with E-state index < -0.39 is 0 Å². The number of benzene rings is 1. The van der Waals surface area contributed by atoms with Gasteiger partial charge in [-0.25, -0.2) is 9.50 Å². The number of imidazole rings is 1. The van der Waals surface area contributed by atoms with Gasteiger partial charge >= 0.3 is 0 Å². The summed E-state index contributed by atoms with van der Waals surface area (Å²) in [6.07, 6.45) is 5.74. The second kappa shape index (κ2) is 7.02. The summed E-state index contributed by atoms with van der Waals surface area (Å²) in [5.74, 6) is 1.38. The van der Waals surface area contributed by atoms with E-state index in [1.165, 1.54) is 12.1 Å². The minimum atomic E-state index is 0.220. The smallest absolute Gasteiger partial charge is 0.232 e. The van der Waals surface area contributed by atoms with Crippen molar-refractivity contribution < 1.29 is 13.9 Å². The van der Waals surface area contributed by atoms with Gasteiger partial charge in [0.05, 0.1) is 18.9 Å². The van der Waals surface area contributed by atoms with E-state index in [1.807, 2.05) is 35.0 Å². The van der Waals surface area contributed by atoms with Crippen molar-refractivity contribution in [1.29, 1.82) is 0 Å². The van der Waals surface area contributed by atoms with Crippen LogP contribution in [0.5, 0.6) is 5.88 Å². The topological polar surface area (TPSA) is 65.0 Å². The molecule has 154 valence electrons. The molecule has 0 spiro atoms. The molecule has 0 N–H and O–H groups in total. The van der Waals surface area contributed by atoms with Gasteiger partial charge in [0.15, 0.2) is 11.4 Å². The molecule has 1 aliphatic heterocycles. The number of rotatable bonds is 4. The van der Waals surface area contributed by atoms with E-state index in [-0.39, 0.29) is 12.2 Å². The maximum Gasteiger partial charge on any atom is 0.232 e. The van der Waals surface area contributed by atoms with Gasteiger partial charge in [0.25, 0.3) is 0 Å². The van der Waals surface area contributed by atoms with Crippen LogP contribution in [0.1, 0.15) is 26.2 Å². The molecule has 0 bridgehead atoms. The number of furan rings is 1. The molecule has 0 unspecified atom stereocenters. The zero-order chi connectivity index (χ0) is 20.1. The third-order valence-electron chi connectivity index (χ3n) is 6.05. The van der Waals surface area contributed by atoms with Crippen molar-refractivity contribution in [1.82, 2.24) is 14.6 Å². The quantitative estimate of drug-likeness (QED) is 0.505. The Morgan fingerprint density at radius 1 is 1.17 bits per heavy atom. The highest BCUT2D eigenvalue weighted by Crippen LogP contribution is 2.35. The van der Waals surface area contributed by atoms with Crippen LogP contribution in [0.4, 0.5) is 5.69 Å². The molecule has 6 rings (SSSR count). The van der Waals surface area contributed by atoms with E-state index in [1.54, 1.807) is 0 Å². The molecule has 0 radical (unpaired) electrons. The van der Waals surface area contributed by atoms with Crippen molar-refractivity contribution >= 4 is 22.3 Å². The highest BCUT2D eigenvalue weighted by Gasteiger charge is 2.22. The van der Waals surface area contributed by atoms with E-state index in [4.69, 9.17) is 13.9 Å². The molecule has 2 aliphatic rings. The molecule has 4 aromatic rings. The number of hydrogen-bond acceptors (Lipinski definition) is 6. The number of aromatic nitrogens is 3. The monoisotopic (exact) mass is 404 g/mol. The van der Waals surface area contributed by atoms with Crippen molar-refractivity contribution in [2.75, 3.05) is 24.6 Å². The Morgan fingerprint density at radius 2 is 2.10 bits per heavy atom. The van der Waals surface area contributed by atoms with Gasteiger partial charge in [-0.2, -0.15) is 0 Å². The van der Waals surface area contributed by atoms with Crippen LogP contribution in [0.15, 0.2) is 47.0 Å². The fraction of sp³-hybridized carbons (Fsp3) is 0.391. The van der Waals surface area contributed by atoms with Crippen molar-refractivity contribution in [3.63, 3.8) is 0 Å². The second-order valence-electron chi connectivity index (χ2n) is 8.18. The van der Waals surface area contributed by atoms with E-state index in [9.17, 15) is 0 Å². The van der Waals surface area contributed by atoms with Gasteiger partial charge < -0.3 is 18.8 Å². The number of morpholine rings is 1. The predicted molar refractivity (Wildman–Crippen MR) is 114 cm³/mol. The number of ether oxygens (including phenoxy) is 2. The van der Waals surface area contributed by atoms with E-state index in [0.717, 1.165) is 60.6 Å². The van der Waals surface area contributed by atoms with Gasteiger partial charge in [-0.3, -0.25) is 0 Å². The normalized spacial score (nSPS) is 20.0. The maximum atomic E-state index is 6.23. The zero-order valence-electron chi connectivity index (χ0n) is 17.0. The van der Waals surface area contributed by atoms with Crippen LogP contribution in [0, 0.1) is 0 Å². The Balaban J connectivity index is 1.40. The lowest BCUT2D eigenvalue weighted by atomic mass is 9.96. The van der Waals surface area contributed by atoms with Gasteiger partial charge in [0, 0.05) is 30.2 Å². The van der Waals surface area contributed by atoms with Crippen molar-refractivity contribution in [3.8, 4) is 17.3 Å². The summed E-state index contributed by atoms with van der Waals surface area (Å²) >= 11 is 0. The zero-order valence-corrected chi connectivity index (χ0v) is 17.0. The highest BCUT2D eigenvalue weighted by atomic mass is 16.5. The van der Waals surface area contributed by atoms with Crippen LogP contribution in [0.3, 0.4) is 0 Å². The molecular formula is C23H24N4O3. The van der Waals surface area contributed by atoms with Gasteiger partial charge in [-0.15, -0.1) is 5.10 Å². The standard InChI is InChI=1S/C23H24N4O3/c1-15-14-26(10-11-28-15)18-6-3-7-20-17(18)12-21(30-20)19-13-24-22-8-9-23(25-27(19)22)29-16-4-2-5-16/h3,6-9,12-13,15-16H,2,4-5,10-11,14H2,1H3/t15-/m0/s1. The molecule has 4 heterocycles. The lowest BCUT2D eigenvalue weighted by molar-refractivity contribution is 0.0533. The summed E-state index contributed by atoms with van der Waals surface area (Å²) in [7, 11) is 0. The van der Waals surface area contributed by atoms with Gasteiger partial charge in [-0.1, -0.05) is 6.07 Å². The Bertz CT molecular complexity index is 1210. The molecule has 1 aliphatic carbocycles. The largest absolute Gasteiger partial charge is 0.473 e. The summed E-state index contributed by atoms with van der Waals surface area (Å²) in [5, 5.41) is 5.77. The van der Waals surface area contributed by atoms with Crippen molar-refractivity contribution in [2.24, 2.45) is 0 Å². The number of fused-ring (bicyclic) bond motifs is 2. The highest BCUT2D eigenvalue weighted by molar-refractivity contribution is 5.94. The second-order valence-corrected chi connectivity index (χ2v) is 8.18. The van der Waals surface area contributed by atoms with Crippen LogP contribution >= 0.6 is 0 Å². The van der Waals surface area contributed by atoms with Crippen LogP contribution in [-0.4, -0.2) is 46.5 Å². The van der Waals surface area contributed by atoms with Crippen molar-refractivity contribution in [2.45, 2.75) is 38.4 Å². The molecule has 7 nitrogen and oxygen atoms in total. The van der Waals surface area contributed by atoms with E-state index in [2.05, 4.69) is 34.0 Å². The van der Waals surface area contributed by atoms with Crippen LogP contribution in [0.2, 0.25) is 0 Å². The van der Waals surface area contributed by atoms with E-state index >= 15 is 0 Å². The Morgan fingerprint density at radius 3 is 2.93 bits per heavy atom. The van der Waals surface area contributed by atoms with Gasteiger partial charge in [-0.05, 0) is 50.5 Å². The van der Waals surface area contributed by atoms with Gasteiger partial charge in [0.2, 0.25) is 5.88 Å². The fourth-order valence-electron chi connectivity index (χ4n) is 4.23. The summed E-state index contributed by atoms with van der Waals surface area (Å²) in [6, 6.07) is 12.1. The molecule has 1 saturated heterocycles. The molecule has 30 heavy (non-hydrogen) atoms. The fourth-order valence-corrected chi connectivity index (χ4v) is 4.23. The first kappa shape index (κ1) is 17.8. The molecule has 7 heteroatoms. The SMILES string of the molecule is C[C@H]1CN(c2cccc3oc(-c4cnc5ccc(OC6CCC6)nn45)cc23)CCO1. The number of anilines is 1. The maximum absolute atomic E-state index is 6.23. The average Bonchev–Trinajstić information content (AvgIpc) is 3.34. The Kier molecular flexibility index (Phi) is 4.16. The summed E-state index contributed by atoms with van der Waals surface area (Å²) < 4.78 is 19.7. The summed E-state index contributed by atoms with van der Waals surface area (Å²) in [5.41, 5.74) is 3.63. The average molecular weight is 404 g/mol. The first-order chi connectivity index (χ1) is 14.7. The lowest BCUT2D eigenvalue weighted by Gasteiger charge is -2.33. The molecular weight excluding hydrogens is 380 g/mol. The summed E-state index contributed by atoms with van der Waals surface area (Å²) in [6.45, 7) is 4.60. The first-order valence-electron chi connectivity index (χ1n) is 10.7. The molecule has 2 fully saturated rings. The van der Waals surface area contributed by atoms with Crippen LogP contribution < -0.4 is 9.64 Å². The molecule has 0 amide bonds. The predicted octanol–water partition coefficient (Wildman–Crippen LogP) is 4.30. The number of hydrogen-bond donors (Lipinski definition) is 0. The van der Waals surface area contributed by atoms with Crippen LogP contribution in [0.25, 0.3) is 28.1 Å². The first-order valence-corrected chi connectivity index (χ1v) is 10.7. The lowest BCUT2D eigenvalue weighted by Crippen LogP contribution is -2.41. The molecule has 1 atom stereocenters. The minimum Gasteiger partial charge on any atom is -0.473 e. The number of nitrogens with zero attached hydrogens (tertiary/aromatic N) is 4. The molecule has 3 aromatic heterocycles. The molecule has 1 saturated carbocycles. The van der Waals surface area contributed by atoms with Crippen molar-refractivity contribution in [3.05, 3.63) is 42.6 Å². The van der Waals surface area contributed by atoms with Crippen LogP contribution in [-0.2, 0) is 4.74 Å².